The van der Waals surface area contributed by atoms with Gasteiger partial charge in [0.15, 0.2) is 0 Å². The van der Waals surface area contributed by atoms with Gasteiger partial charge in [0.2, 0.25) is 0 Å². The number of fused-ring (bicyclic) bond motifs is 1. The Hall–Kier alpha value is -3.12. The summed E-state index contributed by atoms with van der Waals surface area (Å²) in [6, 6.07) is 17.4. The molecular formula is C21H21N3O3. The van der Waals surface area contributed by atoms with Gasteiger partial charge in [-0.15, -0.1) is 0 Å². The molecule has 2 amide bonds. The van der Waals surface area contributed by atoms with Crippen molar-refractivity contribution in [2.75, 3.05) is 18.5 Å². The van der Waals surface area contributed by atoms with Crippen LogP contribution in [0.5, 0.6) is 0 Å². The summed E-state index contributed by atoms with van der Waals surface area (Å²) in [5.74, 6) is -1.34. The van der Waals surface area contributed by atoms with Crippen molar-refractivity contribution in [1.29, 1.82) is 0 Å². The number of hydrogen-bond donors (Lipinski definition) is 3. The van der Waals surface area contributed by atoms with Crippen LogP contribution in [0.25, 0.3) is 22.2 Å². The second-order valence-corrected chi connectivity index (χ2v) is 6.59. The van der Waals surface area contributed by atoms with E-state index in [1.165, 1.54) is 0 Å². The lowest BCUT2D eigenvalue weighted by Gasteiger charge is -2.11. The van der Waals surface area contributed by atoms with Crippen LogP contribution in [0.4, 0.5) is 5.69 Å². The third-order valence-electron chi connectivity index (χ3n) is 4.73. The molecule has 138 valence electrons. The first-order chi connectivity index (χ1) is 13.2. The highest BCUT2D eigenvalue weighted by molar-refractivity contribution is 6.40. The first kappa shape index (κ1) is 17.3. The number of nitrogens with one attached hydrogen (secondary N) is 3. The van der Waals surface area contributed by atoms with E-state index in [0.29, 0.717) is 18.8 Å². The SMILES string of the molecule is O=C(NC[C@@H]1CCCO1)C(=O)Nc1c(-c2ccccc2)[nH]c2ccccc12. The predicted molar refractivity (Wildman–Crippen MR) is 104 cm³/mol. The zero-order chi connectivity index (χ0) is 18.6. The number of hydrogen-bond acceptors (Lipinski definition) is 3. The number of H-pyrrole nitrogens is 1. The van der Waals surface area contributed by atoms with E-state index < -0.39 is 11.8 Å². The molecule has 6 nitrogen and oxygen atoms in total. The Morgan fingerprint density at radius 1 is 1.04 bits per heavy atom. The zero-order valence-corrected chi connectivity index (χ0v) is 14.8. The van der Waals surface area contributed by atoms with Gasteiger partial charge in [0.05, 0.1) is 17.5 Å². The summed E-state index contributed by atoms with van der Waals surface area (Å²) in [6.07, 6.45) is 1.89. The van der Waals surface area contributed by atoms with E-state index in [-0.39, 0.29) is 6.10 Å². The molecule has 1 aromatic heterocycles. The minimum Gasteiger partial charge on any atom is -0.376 e. The second-order valence-electron chi connectivity index (χ2n) is 6.59. The smallest absolute Gasteiger partial charge is 0.313 e. The molecule has 0 unspecified atom stereocenters. The van der Waals surface area contributed by atoms with E-state index in [1.54, 1.807) is 0 Å². The summed E-state index contributed by atoms with van der Waals surface area (Å²) in [6.45, 7) is 1.06. The highest BCUT2D eigenvalue weighted by Crippen LogP contribution is 2.34. The monoisotopic (exact) mass is 363 g/mol. The first-order valence-electron chi connectivity index (χ1n) is 9.09. The van der Waals surface area contributed by atoms with Gasteiger partial charge in [-0.05, 0) is 18.9 Å². The van der Waals surface area contributed by atoms with Crippen LogP contribution in [0, 0.1) is 0 Å². The quantitative estimate of drug-likeness (QED) is 0.623. The summed E-state index contributed by atoms with van der Waals surface area (Å²) in [7, 11) is 0. The molecule has 0 aliphatic carbocycles. The van der Waals surface area contributed by atoms with Crippen LogP contribution < -0.4 is 10.6 Å². The van der Waals surface area contributed by atoms with Crippen molar-refractivity contribution in [3.8, 4) is 11.3 Å². The number of anilines is 1. The van der Waals surface area contributed by atoms with Crippen LogP contribution in [0.1, 0.15) is 12.8 Å². The molecule has 0 bridgehead atoms. The minimum atomic E-state index is -0.685. The van der Waals surface area contributed by atoms with Gasteiger partial charge in [-0.2, -0.15) is 0 Å². The maximum absolute atomic E-state index is 12.5. The van der Waals surface area contributed by atoms with Crippen LogP contribution in [0.15, 0.2) is 54.6 Å². The van der Waals surface area contributed by atoms with E-state index in [1.807, 2.05) is 54.6 Å². The van der Waals surface area contributed by atoms with Crippen molar-refractivity contribution in [3.63, 3.8) is 0 Å². The van der Waals surface area contributed by atoms with Gasteiger partial charge in [-0.1, -0.05) is 48.5 Å². The molecule has 0 saturated carbocycles. The topological polar surface area (TPSA) is 83.2 Å². The lowest BCUT2D eigenvalue weighted by molar-refractivity contribution is -0.136. The number of para-hydroxylation sites is 1. The van der Waals surface area contributed by atoms with E-state index in [9.17, 15) is 9.59 Å². The molecule has 4 rings (SSSR count). The van der Waals surface area contributed by atoms with Gasteiger partial charge in [-0.3, -0.25) is 9.59 Å². The molecule has 1 fully saturated rings. The van der Waals surface area contributed by atoms with Gasteiger partial charge >= 0.3 is 11.8 Å². The van der Waals surface area contributed by atoms with E-state index in [4.69, 9.17) is 4.74 Å². The molecule has 1 saturated heterocycles. The molecule has 0 spiro atoms. The summed E-state index contributed by atoms with van der Waals surface area (Å²) in [5.41, 5.74) is 3.21. The number of aromatic amines is 1. The number of aromatic nitrogens is 1. The Morgan fingerprint density at radius 2 is 1.81 bits per heavy atom. The van der Waals surface area contributed by atoms with Gasteiger partial charge in [0.25, 0.3) is 0 Å². The van der Waals surface area contributed by atoms with E-state index >= 15 is 0 Å². The summed E-state index contributed by atoms with van der Waals surface area (Å²) >= 11 is 0. The Labute approximate surface area is 156 Å². The second kappa shape index (κ2) is 7.63. The van der Waals surface area contributed by atoms with E-state index in [2.05, 4.69) is 15.6 Å². The van der Waals surface area contributed by atoms with Crippen molar-refractivity contribution in [1.82, 2.24) is 10.3 Å². The standard InChI is InChI=1S/C21H21N3O3/c25-20(22-13-15-9-6-12-27-15)21(26)24-19-16-10-4-5-11-17(16)23-18(19)14-7-2-1-3-8-14/h1-5,7-8,10-11,15,23H,6,9,12-13H2,(H,22,25)(H,24,26)/t15-/m0/s1. The maximum atomic E-state index is 12.5. The highest BCUT2D eigenvalue weighted by Gasteiger charge is 2.22. The van der Waals surface area contributed by atoms with Crippen molar-refractivity contribution in [3.05, 3.63) is 54.6 Å². The van der Waals surface area contributed by atoms with Gasteiger partial charge < -0.3 is 20.4 Å². The first-order valence-corrected chi connectivity index (χ1v) is 9.09. The molecule has 1 aliphatic heterocycles. The van der Waals surface area contributed by atoms with Crippen LogP contribution >= 0.6 is 0 Å². The molecule has 1 atom stereocenters. The number of ether oxygens (including phenoxy) is 1. The Bertz CT molecular complexity index is 959. The lowest BCUT2D eigenvalue weighted by Crippen LogP contribution is -2.39. The fourth-order valence-corrected chi connectivity index (χ4v) is 3.36. The molecule has 2 heterocycles. The number of benzene rings is 2. The Morgan fingerprint density at radius 3 is 2.59 bits per heavy atom. The summed E-state index contributed by atoms with van der Waals surface area (Å²) < 4.78 is 5.47. The Kier molecular flexibility index (Phi) is 4.89. The largest absolute Gasteiger partial charge is 0.376 e. The normalized spacial score (nSPS) is 16.4. The molecule has 3 aromatic rings. The van der Waals surface area contributed by atoms with Crippen molar-refractivity contribution < 1.29 is 14.3 Å². The number of carbonyl (C=O) groups is 2. The molecule has 0 radical (unpaired) electrons. The lowest BCUT2D eigenvalue weighted by atomic mass is 10.1. The number of carbonyl (C=O) groups excluding carboxylic acids is 2. The van der Waals surface area contributed by atoms with Crippen LogP contribution in [0.3, 0.4) is 0 Å². The predicted octanol–water partition coefficient (Wildman–Crippen LogP) is 3.07. The average Bonchev–Trinajstić information content (AvgIpc) is 3.35. The third-order valence-corrected chi connectivity index (χ3v) is 4.73. The summed E-state index contributed by atoms with van der Waals surface area (Å²) in [5, 5.41) is 6.30. The van der Waals surface area contributed by atoms with Crippen LogP contribution in [-0.2, 0) is 14.3 Å². The van der Waals surface area contributed by atoms with E-state index in [0.717, 1.165) is 35.0 Å². The van der Waals surface area contributed by atoms with Gasteiger partial charge in [0.1, 0.15) is 0 Å². The molecule has 1 aliphatic rings. The fourth-order valence-electron chi connectivity index (χ4n) is 3.36. The average molecular weight is 363 g/mol. The molecular weight excluding hydrogens is 342 g/mol. The third kappa shape index (κ3) is 3.71. The van der Waals surface area contributed by atoms with Crippen LogP contribution in [-0.4, -0.2) is 36.1 Å². The molecule has 2 aromatic carbocycles. The molecule has 6 heteroatoms. The molecule has 27 heavy (non-hydrogen) atoms. The van der Waals surface area contributed by atoms with Crippen molar-refractivity contribution >= 4 is 28.4 Å². The maximum Gasteiger partial charge on any atom is 0.313 e. The zero-order valence-electron chi connectivity index (χ0n) is 14.8. The van der Waals surface area contributed by atoms with Crippen LogP contribution in [0.2, 0.25) is 0 Å². The van der Waals surface area contributed by atoms with Crippen molar-refractivity contribution in [2.45, 2.75) is 18.9 Å². The minimum absolute atomic E-state index is 0.00489. The van der Waals surface area contributed by atoms with Gasteiger partial charge in [-0.25, -0.2) is 0 Å². The highest BCUT2D eigenvalue weighted by atomic mass is 16.5. The molecule has 3 N–H and O–H groups in total. The van der Waals surface area contributed by atoms with Crippen molar-refractivity contribution in [2.24, 2.45) is 0 Å². The number of rotatable bonds is 4. The fraction of sp³-hybridized carbons (Fsp3) is 0.238. The summed E-state index contributed by atoms with van der Waals surface area (Å²) in [4.78, 5) is 28.0. The number of amides is 2. The Balaban J connectivity index is 1.57. The van der Waals surface area contributed by atoms with Gasteiger partial charge in [0, 0.05) is 29.6 Å².